The topological polar surface area (TPSA) is 40.5 Å². The summed E-state index contributed by atoms with van der Waals surface area (Å²) >= 11 is 3.55. The van der Waals surface area contributed by atoms with Crippen molar-refractivity contribution in [2.45, 2.75) is 33.1 Å². The number of aryl methyl sites for hydroxylation is 1. The van der Waals surface area contributed by atoms with Crippen molar-refractivity contribution < 1.29 is 0 Å². The summed E-state index contributed by atoms with van der Waals surface area (Å²) in [6.07, 6.45) is 3.56. The Morgan fingerprint density at radius 2 is 2.17 bits per heavy atom. The molecule has 3 rings (SSSR count). The number of aliphatic imine (C=N–C) groups is 1. The maximum absolute atomic E-state index is 4.80. The fourth-order valence-corrected chi connectivity index (χ4v) is 4.40. The van der Waals surface area contributed by atoms with E-state index >= 15 is 0 Å². The molecule has 0 unspecified atom stereocenters. The van der Waals surface area contributed by atoms with E-state index in [4.69, 9.17) is 4.99 Å². The zero-order valence-electron chi connectivity index (χ0n) is 13.8. The van der Waals surface area contributed by atoms with Crippen LogP contribution in [0, 0.1) is 6.92 Å². The lowest BCUT2D eigenvalue weighted by atomic mass is 10.3. The Labute approximate surface area is 146 Å². The normalized spacial score (nSPS) is 15.4. The first kappa shape index (κ1) is 16.5. The molecule has 0 atom stereocenters. The molecule has 2 aromatic heterocycles. The van der Waals surface area contributed by atoms with Gasteiger partial charge in [0.15, 0.2) is 5.96 Å². The van der Waals surface area contributed by atoms with E-state index in [1.165, 1.54) is 22.6 Å². The summed E-state index contributed by atoms with van der Waals surface area (Å²) < 4.78 is 0. The Morgan fingerprint density at radius 1 is 1.35 bits per heavy atom. The van der Waals surface area contributed by atoms with Crippen molar-refractivity contribution in [2.75, 3.05) is 26.2 Å². The van der Waals surface area contributed by atoms with E-state index in [1.54, 1.807) is 11.3 Å². The molecule has 1 aliphatic rings. The van der Waals surface area contributed by atoms with E-state index in [2.05, 4.69) is 46.6 Å². The Morgan fingerprint density at radius 3 is 2.87 bits per heavy atom. The predicted octanol–water partition coefficient (Wildman–Crippen LogP) is 3.78. The molecule has 23 heavy (non-hydrogen) atoms. The Balaban J connectivity index is 1.59. The Bertz CT molecular complexity index is 653. The van der Waals surface area contributed by atoms with E-state index in [1.807, 2.05) is 11.3 Å². The highest BCUT2D eigenvalue weighted by Gasteiger charge is 2.15. The van der Waals surface area contributed by atoms with Crippen molar-refractivity contribution in [1.82, 2.24) is 15.2 Å². The number of aromatic nitrogens is 1. The van der Waals surface area contributed by atoms with Crippen LogP contribution in [0.5, 0.6) is 0 Å². The molecule has 1 aliphatic heterocycles. The highest BCUT2D eigenvalue weighted by molar-refractivity contribution is 7.16. The molecule has 0 aliphatic carbocycles. The Hall–Kier alpha value is -1.40. The molecule has 0 spiro atoms. The number of likely N-dealkylation sites (tertiary alicyclic amines) is 1. The molecular weight excluding hydrogens is 324 g/mol. The second-order valence-corrected chi connectivity index (χ2v) is 7.93. The summed E-state index contributed by atoms with van der Waals surface area (Å²) in [4.78, 5) is 14.4. The molecule has 1 fully saturated rings. The van der Waals surface area contributed by atoms with Gasteiger partial charge in [-0.1, -0.05) is 0 Å². The van der Waals surface area contributed by atoms with Gasteiger partial charge in [0, 0.05) is 42.9 Å². The molecule has 0 aromatic carbocycles. The van der Waals surface area contributed by atoms with Crippen LogP contribution in [0.1, 0.15) is 29.7 Å². The number of hydrogen-bond donors (Lipinski definition) is 1. The summed E-state index contributed by atoms with van der Waals surface area (Å²) in [6, 6.07) is 4.40. The first-order valence-electron chi connectivity index (χ1n) is 8.30. The van der Waals surface area contributed by atoms with Crippen LogP contribution in [0.15, 0.2) is 22.5 Å². The van der Waals surface area contributed by atoms with Crippen LogP contribution < -0.4 is 5.32 Å². The minimum absolute atomic E-state index is 0.842. The van der Waals surface area contributed by atoms with E-state index in [0.29, 0.717) is 0 Å². The number of hydrogen-bond acceptors (Lipinski definition) is 4. The van der Waals surface area contributed by atoms with Crippen molar-refractivity contribution >= 4 is 28.6 Å². The predicted molar refractivity (Wildman–Crippen MR) is 101 cm³/mol. The van der Waals surface area contributed by atoms with Crippen LogP contribution in [-0.2, 0) is 6.42 Å². The first-order valence-corrected chi connectivity index (χ1v) is 10.0. The van der Waals surface area contributed by atoms with Crippen LogP contribution in [0.3, 0.4) is 0 Å². The van der Waals surface area contributed by atoms with Crippen LogP contribution in [0.4, 0.5) is 0 Å². The van der Waals surface area contributed by atoms with Gasteiger partial charge in [-0.3, -0.25) is 4.99 Å². The molecular formula is C17H24N4S2. The van der Waals surface area contributed by atoms with Crippen molar-refractivity contribution in [1.29, 1.82) is 0 Å². The van der Waals surface area contributed by atoms with Gasteiger partial charge in [-0.25, -0.2) is 4.98 Å². The Kier molecular flexibility index (Phi) is 5.67. The van der Waals surface area contributed by atoms with Crippen LogP contribution in [-0.4, -0.2) is 42.0 Å². The molecule has 3 heterocycles. The maximum atomic E-state index is 4.80. The van der Waals surface area contributed by atoms with E-state index in [-0.39, 0.29) is 0 Å². The van der Waals surface area contributed by atoms with Gasteiger partial charge in [-0.15, -0.1) is 22.7 Å². The van der Waals surface area contributed by atoms with Crippen molar-refractivity contribution in [2.24, 2.45) is 4.99 Å². The van der Waals surface area contributed by atoms with Gasteiger partial charge in [0.25, 0.3) is 0 Å². The quantitative estimate of drug-likeness (QED) is 0.660. The van der Waals surface area contributed by atoms with Gasteiger partial charge in [-0.05, 0) is 38.8 Å². The molecule has 124 valence electrons. The average Bonchev–Trinajstić information content (AvgIpc) is 3.27. The highest BCUT2D eigenvalue weighted by Crippen LogP contribution is 2.29. The third-order valence-electron chi connectivity index (χ3n) is 3.89. The minimum atomic E-state index is 0.842. The standard InChI is InChI=1S/C17H24N4S2/c1-3-18-17(21-10-4-5-11-21)19-9-8-14-6-7-16(23-14)15-12-22-13(2)20-15/h6-7,12H,3-5,8-11H2,1-2H3,(H,18,19). The minimum Gasteiger partial charge on any atom is -0.357 e. The van der Waals surface area contributed by atoms with Gasteiger partial charge in [0.1, 0.15) is 0 Å². The third kappa shape index (κ3) is 4.32. The number of guanidine groups is 1. The number of rotatable bonds is 5. The van der Waals surface area contributed by atoms with Crippen molar-refractivity contribution in [3.05, 3.63) is 27.4 Å². The maximum Gasteiger partial charge on any atom is 0.193 e. The molecule has 0 amide bonds. The molecule has 0 bridgehead atoms. The highest BCUT2D eigenvalue weighted by atomic mass is 32.1. The van der Waals surface area contributed by atoms with Crippen molar-refractivity contribution in [3.8, 4) is 10.6 Å². The zero-order valence-corrected chi connectivity index (χ0v) is 15.5. The zero-order chi connectivity index (χ0) is 16.1. The largest absolute Gasteiger partial charge is 0.357 e. The number of nitrogens with zero attached hydrogens (tertiary/aromatic N) is 3. The first-order chi connectivity index (χ1) is 11.3. The summed E-state index contributed by atoms with van der Waals surface area (Å²) in [6.45, 7) is 8.23. The average molecular weight is 349 g/mol. The van der Waals surface area contributed by atoms with Crippen LogP contribution in [0.2, 0.25) is 0 Å². The molecule has 4 nitrogen and oxygen atoms in total. The summed E-state index contributed by atoms with van der Waals surface area (Å²) in [7, 11) is 0. The van der Waals surface area contributed by atoms with Gasteiger partial charge in [0.05, 0.1) is 15.6 Å². The van der Waals surface area contributed by atoms with E-state index in [0.717, 1.165) is 49.3 Å². The SMILES string of the molecule is CCNC(=NCCc1ccc(-c2csc(C)n2)s1)N1CCCC1. The molecule has 1 saturated heterocycles. The molecule has 0 radical (unpaired) electrons. The lowest BCUT2D eigenvalue weighted by molar-refractivity contribution is 0.494. The summed E-state index contributed by atoms with van der Waals surface area (Å²) in [5, 5.41) is 6.68. The van der Waals surface area contributed by atoms with E-state index in [9.17, 15) is 0 Å². The second kappa shape index (κ2) is 7.93. The number of thiophene rings is 1. The fourth-order valence-electron chi connectivity index (χ4n) is 2.75. The molecule has 1 N–H and O–H groups in total. The van der Waals surface area contributed by atoms with Gasteiger partial charge in [0.2, 0.25) is 0 Å². The smallest absolute Gasteiger partial charge is 0.193 e. The molecule has 0 saturated carbocycles. The molecule has 2 aromatic rings. The van der Waals surface area contributed by atoms with E-state index < -0.39 is 0 Å². The molecule has 6 heteroatoms. The summed E-state index contributed by atoms with van der Waals surface area (Å²) in [5.74, 6) is 1.08. The fraction of sp³-hybridized carbons (Fsp3) is 0.529. The lowest BCUT2D eigenvalue weighted by Crippen LogP contribution is -2.39. The number of thiazole rings is 1. The monoisotopic (exact) mass is 348 g/mol. The van der Waals surface area contributed by atoms with Gasteiger partial charge >= 0.3 is 0 Å². The van der Waals surface area contributed by atoms with Gasteiger partial charge in [-0.2, -0.15) is 0 Å². The van der Waals surface area contributed by atoms with Crippen LogP contribution in [0.25, 0.3) is 10.6 Å². The van der Waals surface area contributed by atoms with Gasteiger partial charge < -0.3 is 10.2 Å². The second-order valence-electron chi connectivity index (χ2n) is 5.70. The third-order valence-corrected chi connectivity index (χ3v) is 5.83. The number of nitrogens with one attached hydrogen (secondary N) is 1. The summed E-state index contributed by atoms with van der Waals surface area (Å²) in [5.41, 5.74) is 1.11. The van der Waals surface area contributed by atoms with Crippen molar-refractivity contribution in [3.63, 3.8) is 0 Å². The van der Waals surface area contributed by atoms with Crippen LogP contribution >= 0.6 is 22.7 Å². The lowest BCUT2D eigenvalue weighted by Gasteiger charge is -2.20.